The Bertz CT molecular complexity index is 754. The first-order valence-corrected chi connectivity index (χ1v) is 9.74. The van der Waals surface area contributed by atoms with Crippen molar-refractivity contribution in [3.8, 4) is 0 Å². The van der Waals surface area contributed by atoms with E-state index in [9.17, 15) is 18.0 Å². The zero-order chi connectivity index (χ0) is 18.6. The minimum atomic E-state index is -3.81. The van der Waals surface area contributed by atoms with Gasteiger partial charge in [-0.2, -0.15) is 4.72 Å². The number of likely N-dealkylation sites (tertiary alicyclic amines) is 1. The van der Waals surface area contributed by atoms with Gasteiger partial charge in [-0.3, -0.25) is 9.59 Å². The van der Waals surface area contributed by atoms with E-state index in [4.69, 9.17) is 4.74 Å². The van der Waals surface area contributed by atoms with Crippen LogP contribution in [-0.4, -0.2) is 50.9 Å². The smallest absolute Gasteiger partial charge is 0.321 e. The molecule has 1 aromatic carbocycles. The minimum absolute atomic E-state index is 0.0876. The number of amides is 1. The largest absolute Gasteiger partial charge is 0.452 e. The molecule has 0 radical (unpaired) electrons. The Balaban J connectivity index is 1.89. The maximum Gasteiger partial charge on any atom is 0.321 e. The SMILES string of the molecule is Cc1ccc(S(=O)(=O)NCC(=O)O[C@@H](C)C(=O)N2CCCC2)cc1C. The van der Waals surface area contributed by atoms with Gasteiger partial charge < -0.3 is 9.64 Å². The Hall–Kier alpha value is -1.93. The van der Waals surface area contributed by atoms with E-state index in [1.807, 2.05) is 13.8 Å². The average molecular weight is 368 g/mol. The molecule has 1 N–H and O–H groups in total. The first-order chi connectivity index (χ1) is 11.7. The van der Waals surface area contributed by atoms with Gasteiger partial charge in [0.05, 0.1) is 4.90 Å². The van der Waals surface area contributed by atoms with Crippen LogP contribution in [0.5, 0.6) is 0 Å². The molecule has 1 fully saturated rings. The van der Waals surface area contributed by atoms with E-state index >= 15 is 0 Å². The maximum absolute atomic E-state index is 12.2. The van der Waals surface area contributed by atoms with Crippen molar-refractivity contribution in [3.63, 3.8) is 0 Å². The second-order valence-electron chi connectivity index (χ2n) is 6.24. The number of carbonyl (C=O) groups excluding carboxylic acids is 2. The molecule has 0 aliphatic carbocycles. The molecule has 1 aliphatic heterocycles. The summed E-state index contributed by atoms with van der Waals surface area (Å²) >= 11 is 0. The standard InChI is InChI=1S/C17H24N2O5S/c1-12-6-7-15(10-13(12)2)25(22,23)18-11-16(20)24-14(3)17(21)19-8-4-5-9-19/h6-7,10,14,18H,4-5,8-9,11H2,1-3H3/t14-/m0/s1. The fraction of sp³-hybridized carbons (Fsp3) is 0.529. The first kappa shape index (κ1) is 19.4. The van der Waals surface area contributed by atoms with Crippen LogP contribution in [0.1, 0.15) is 30.9 Å². The Morgan fingerprint density at radius 1 is 1.20 bits per heavy atom. The van der Waals surface area contributed by atoms with Crippen molar-refractivity contribution < 1.29 is 22.7 Å². The van der Waals surface area contributed by atoms with E-state index in [0.717, 1.165) is 24.0 Å². The summed E-state index contributed by atoms with van der Waals surface area (Å²) in [6.45, 7) is 6.01. The highest BCUT2D eigenvalue weighted by Crippen LogP contribution is 2.14. The predicted octanol–water partition coefficient (Wildman–Crippen LogP) is 1.14. The number of hydrogen-bond donors (Lipinski definition) is 1. The lowest BCUT2D eigenvalue weighted by atomic mass is 10.1. The third kappa shape index (κ3) is 5.02. The van der Waals surface area contributed by atoms with Crippen LogP contribution in [-0.2, 0) is 24.3 Å². The van der Waals surface area contributed by atoms with Gasteiger partial charge in [-0.25, -0.2) is 8.42 Å². The summed E-state index contributed by atoms with van der Waals surface area (Å²) in [6.07, 6.45) is 0.973. The van der Waals surface area contributed by atoms with E-state index in [1.165, 1.54) is 13.0 Å². The second-order valence-corrected chi connectivity index (χ2v) is 8.00. The van der Waals surface area contributed by atoms with Crippen molar-refractivity contribution in [1.82, 2.24) is 9.62 Å². The Kier molecular flexibility index (Phi) is 6.18. The number of esters is 1. The lowest BCUT2D eigenvalue weighted by molar-refractivity contribution is -0.157. The topological polar surface area (TPSA) is 92.8 Å². The normalized spacial score (nSPS) is 15.9. The van der Waals surface area contributed by atoms with Crippen LogP contribution in [0.3, 0.4) is 0 Å². The van der Waals surface area contributed by atoms with E-state index in [2.05, 4.69) is 4.72 Å². The molecule has 0 saturated carbocycles. The van der Waals surface area contributed by atoms with Gasteiger partial charge >= 0.3 is 5.97 Å². The van der Waals surface area contributed by atoms with Gasteiger partial charge in [0, 0.05) is 13.1 Å². The van der Waals surface area contributed by atoms with Crippen molar-refractivity contribution >= 4 is 21.9 Å². The van der Waals surface area contributed by atoms with Crippen molar-refractivity contribution in [2.45, 2.75) is 44.6 Å². The van der Waals surface area contributed by atoms with Gasteiger partial charge in [0.1, 0.15) is 6.54 Å². The quantitative estimate of drug-likeness (QED) is 0.760. The molecular weight excluding hydrogens is 344 g/mol. The number of ether oxygens (including phenoxy) is 1. The number of aryl methyl sites for hydroxylation is 2. The fourth-order valence-corrected chi connectivity index (χ4v) is 3.66. The molecule has 1 aliphatic rings. The van der Waals surface area contributed by atoms with Crippen molar-refractivity contribution in [3.05, 3.63) is 29.3 Å². The zero-order valence-corrected chi connectivity index (χ0v) is 15.6. The Morgan fingerprint density at radius 2 is 1.84 bits per heavy atom. The van der Waals surface area contributed by atoms with Gasteiger partial charge in [-0.1, -0.05) is 6.07 Å². The number of hydrogen-bond acceptors (Lipinski definition) is 5. The molecule has 2 rings (SSSR count). The summed E-state index contributed by atoms with van der Waals surface area (Å²) in [5, 5.41) is 0. The van der Waals surface area contributed by atoms with Crippen LogP contribution in [0, 0.1) is 13.8 Å². The molecule has 25 heavy (non-hydrogen) atoms. The Labute approximate surface area is 148 Å². The van der Waals surface area contributed by atoms with E-state index < -0.39 is 28.6 Å². The van der Waals surface area contributed by atoms with Crippen molar-refractivity contribution in [2.24, 2.45) is 0 Å². The first-order valence-electron chi connectivity index (χ1n) is 8.26. The molecule has 0 spiro atoms. The molecule has 7 nitrogen and oxygen atoms in total. The lowest BCUT2D eigenvalue weighted by Crippen LogP contribution is -2.40. The van der Waals surface area contributed by atoms with E-state index in [0.29, 0.717) is 13.1 Å². The average Bonchev–Trinajstić information content (AvgIpc) is 3.09. The summed E-state index contributed by atoms with van der Waals surface area (Å²) in [6, 6.07) is 4.73. The highest BCUT2D eigenvalue weighted by Gasteiger charge is 2.26. The summed E-state index contributed by atoms with van der Waals surface area (Å²) < 4.78 is 31.7. The number of carbonyl (C=O) groups is 2. The molecular formula is C17H24N2O5S. The number of sulfonamides is 1. The zero-order valence-electron chi connectivity index (χ0n) is 14.7. The highest BCUT2D eigenvalue weighted by atomic mass is 32.2. The maximum atomic E-state index is 12.2. The molecule has 1 atom stereocenters. The fourth-order valence-electron chi connectivity index (χ4n) is 2.60. The van der Waals surface area contributed by atoms with Gasteiger partial charge in [0.15, 0.2) is 6.10 Å². The molecule has 8 heteroatoms. The summed E-state index contributed by atoms with van der Waals surface area (Å²) in [4.78, 5) is 25.7. The lowest BCUT2D eigenvalue weighted by Gasteiger charge is -2.20. The van der Waals surface area contributed by atoms with Crippen LogP contribution >= 0.6 is 0 Å². The third-order valence-corrected chi connectivity index (χ3v) is 5.67. The van der Waals surface area contributed by atoms with Crippen LogP contribution < -0.4 is 4.72 Å². The summed E-state index contributed by atoms with van der Waals surface area (Å²) in [5.74, 6) is -1.03. The number of benzene rings is 1. The number of nitrogens with zero attached hydrogens (tertiary/aromatic N) is 1. The second kappa shape index (κ2) is 7.97. The molecule has 0 unspecified atom stereocenters. The predicted molar refractivity (Wildman–Crippen MR) is 92.5 cm³/mol. The summed E-state index contributed by atoms with van der Waals surface area (Å²) in [5.41, 5.74) is 1.82. The van der Waals surface area contributed by atoms with Crippen LogP contribution in [0.25, 0.3) is 0 Å². The summed E-state index contributed by atoms with van der Waals surface area (Å²) in [7, 11) is -3.81. The van der Waals surface area contributed by atoms with Crippen molar-refractivity contribution in [2.75, 3.05) is 19.6 Å². The minimum Gasteiger partial charge on any atom is -0.452 e. The molecule has 1 heterocycles. The van der Waals surface area contributed by atoms with Gasteiger partial charge in [0.25, 0.3) is 5.91 Å². The Morgan fingerprint density at radius 3 is 2.44 bits per heavy atom. The van der Waals surface area contributed by atoms with E-state index in [1.54, 1.807) is 17.0 Å². The molecule has 1 aromatic rings. The number of nitrogens with one attached hydrogen (secondary N) is 1. The molecule has 138 valence electrons. The van der Waals surface area contributed by atoms with E-state index in [-0.39, 0.29) is 10.8 Å². The van der Waals surface area contributed by atoms with Gasteiger partial charge in [-0.15, -0.1) is 0 Å². The van der Waals surface area contributed by atoms with Crippen LogP contribution in [0.2, 0.25) is 0 Å². The molecule has 0 bridgehead atoms. The van der Waals surface area contributed by atoms with Crippen LogP contribution in [0.4, 0.5) is 0 Å². The highest BCUT2D eigenvalue weighted by molar-refractivity contribution is 7.89. The van der Waals surface area contributed by atoms with Crippen LogP contribution in [0.15, 0.2) is 23.1 Å². The molecule has 1 amide bonds. The number of rotatable bonds is 6. The van der Waals surface area contributed by atoms with Gasteiger partial charge in [0.2, 0.25) is 10.0 Å². The molecule has 0 aromatic heterocycles. The third-order valence-electron chi connectivity index (χ3n) is 4.27. The van der Waals surface area contributed by atoms with Crippen molar-refractivity contribution in [1.29, 1.82) is 0 Å². The van der Waals surface area contributed by atoms with Gasteiger partial charge in [-0.05, 0) is 56.9 Å². The molecule has 1 saturated heterocycles. The monoisotopic (exact) mass is 368 g/mol.